The molecule has 25 heavy (non-hydrogen) atoms. The summed E-state index contributed by atoms with van der Waals surface area (Å²) in [5, 5.41) is 4.35. The Hall–Kier alpha value is -2.67. The van der Waals surface area contributed by atoms with Crippen LogP contribution in [0.5, 0.6) is 0 Å². The van der Waals surface area contributed by atoms with Crippen LogP contribution in [0.3, 0.4) is 0 Å². The number of ether oxygens (including phenoxy) is 1. The Balaban J connectivity index is 1.74. The minimum absolute atomic E-state index is 0.460. The highest BCUT2D eigenvalue weighted by atomic mass is 32.1. The molecule has 130 valence electrons. The molecule has 6 nitrogen and oxygen atoms in total. The van der Waals surface area contributed by atoms with Crippen molar-refractivity contribution in [3.63, 3.8) is 0 Å². The molecule has 0 fully saturated rings. The first-order valence-electron chi connectivity index (χ1n) is 7.94. The zero-order chi connectivity index (χ0) is 18.0. The lowest BCUT2D eigenvalue weighted by Crippen LogP contribution is -2.43. The molecular formula is C18H18N2O4S. The van der Waals surface area contributed by atoms with E-state index < -0.39 is 24.0 Å². The molecule has 3 rings (SSSR count). The number of amides is 3. The van der Waals surface area contributed by atoms with Gasteiger partial charge in [-0.3, -0.25) is 10.1 Å². The SMILES string of the molecule is CNC(=O)NC(=O)C(C)OC(=O)c1cc2c(s1)-c1ccccc1CC2. The minimum Gasteiger partial charge on any atom is -0.448 e. The van der Waals surface area contributed by atoms with Crippen molar-refractivity contribution in [2.45, 2.75) is 25.9 Å². The van der Waals surface area contributed by atoms with Crippen LogP contribution in [0.2, 0.25) is 0 Å². The summed E-state index contributed by atoms with van der Waals surface area (Å²) in [5.74, 6) is -1.23. The van der Waals surface area contributed by atoms with Crippen molar-refractivity contribution >= 4 is 29.2 Å². The van der Waals surface area contributed by atoms with Gasteiger partial charge in [0.1, 0.15) is 4.88 Å². The molecule has 1 heterocycles. The summed E-state index contributed by atoms with van der Waals surface area (Å²) in [7, 11) is 1.40. The number of hydrogen-bond donors (Lipinski definition) is 2. The summed E-state index contributed by atoms with van der Waals surface area (Å²) in [6.45, 7) is 1.43. The zero-order valence-corrected chi connectivity index (χ0v) is 14.7. The quantitative estimate of drug-likeness (QED) is 0.826. The number of esters is 1. The van der Waals surface area contributed by atoms with Gasteiger partial charge in [0.15, 0.2) is 6.10 Å². The Morgan fingerprint density at radius 3 is 2.64 bits per heavy atom. The maximum Gasteiger partial charge on any atom is 0.349 e. The highest BCUT2D eigenvalue weighted by molar-refractivity contribution is 7.17. The number of fused-ring (bicyclic) bond motifs is 3. The van der Waals surface area contributed by atoms with E-state index in [1.165, 1.54) is 30.9 Å². The maximum absolute atomic E-state index is 12.4. The van der Waals surface area contributed by atoms with Crippen molar-refractivity contribution in [1.82, 2.24) is 10.6 Å². The lowest BCUT2D eigenvalue weighted by Gasteiger charge is -2.15. The molecule has 7 heteroatoms. The third kappa shape index (κ3) is 3.56. The van der Waals surface area contributed by atoms with Gasteiger partial charge in [0.2, 0.25) is 0 Å². The van der Waals surface area contributed by atoms with Crippen molar-refractivity contribution in [2.75, 3.05) is 7.05 Å². The van der Waals surface area contributed by atoms with Crippen molar-refractivity contribution in [3.8, 4) is 10.4 Å². The highest BCUT2D eigenvalue weighted by Crippen LogP contribution is 2.39. The Morgan fingerprint density at radius 1 is 1.16 bits per heavy atom. The fraction of sp³-hybridized carbons (Fsp3) is 0.278. The molecule has 1 aliphatic rings. The largest absolute Gasteiger partial charge is 0.448 e. The van der Waals surface area contributed by atoms with Crippen LogP contribution in [0.4, 0.5) is 4.79 Å². The fourth-order valence-corrected chi connectivity index (χ4v) is 3.87. The summed E-state index contributed by atoms with van der Waals surface area (Å²) in [5.41, 5.74) is 3.55. The zero-order valence-electron chi connectivity index (χ0n) is 13.9. The summed E-state index contributed by atoms with van der Waals surface area (Å²) < 4.78 is 5.19. The third-order valence-corrected chi connectivity index (χ3v) is 5.24. The first-order valence-corrected chi connectivity index (χ1v) is 8.75. The minimum atomic E-state index is -1.06. The van der Waals surface area contributed by atoms with Gasteiger partial charge >= 0.3 is 12.0 Å². The van der Waals surface area contributed by atoms with Gasteiger partial charge in [0, 0.05) is 11.9 Å². The van der Waals surface area contributed by atoms with Crippen molar-refractivity contribution in [1.29, 1.82) is 0 Å². The van der Waals surface area contributed by atoms with Gasteiger partial charge in [-0.15, -0.1) is 11.3 Å². The second kappa shape index (κ2) is 7.06. The van der Waals surface area contributed by atoms with Gasteiger partial charge in [-0.1, -0.05) is 24.3 Å². The molecule has 2 N–H and O–H groups in total. The summed E-state index contributed by atoms with van der Waals surface area (Å²) in [6.07, 6.45) is 0.763. The van der Waals surface area contributed by atoms with Crippen LogP contribution >= 0.6 is 11.3 Å². The lowest BCUT2D eigenvalue weighted by atomic mass is 9.91. The average Bonchev–Trinajstić information content (AvgIpc) is 3.06. The normalized spacial score (nSPS) is 13.2. The van der Waals surface area contributed by atoms with Crippen LogP contribution in [0.25, 0.3) is 10.4 Å². The van der Waals surface area contributed by atoms with Crippen LogP contribution in [-0.2, 0) is 22.4 Å². The number of carbonyl (C=O) groups is 3. The number of urea groups is 1. The molecule has 0 radical (unpaired) electrons. The predicted octanol–water partition coefficient (Wildman–Crippen LogP) is 2.51. The van der Waals surface area contributed by atoms with Crippen LogP contribution in [0.1, 0.15) is 27.7 Å². The average molecular weight is 358 g/mol. The van der Waals surface area contributed by atoms with Crippen molar-refractivity contribution in [2.24, 2.45) is 0 Å². The molecule has 0 saturated carbocycles. The van der Waals surface area contributed by atoms with E-state index in [4.69, 9.17) is 4.74 Å². The highest BCUT2D eigenvalue weighted by Gasteiger charge is 2.25. The van der Waals surface area contributed by atoms with E-state index in [-0.39, 0.29) is 0 Å². The number of hydrogen-bond acceptors (Lipinski definition) is 5. The molecular weight excluding hydrogens is 340 g/mol. The molecule has 0 saturated heterocycles. The smallest absolute Gasteiger partial charge is 0.349 e. The molecule has 2 aromatic rings. The topological polar surface area (TPSA) is 84.5 Å². The number of thiophene rings is 1. The number of benzene rings is 1. The second-order valence-electron chi connectivity index (χ2n) is 5.74. The van der Waals surface area contributed by atoms with E-state index in [9.17, 15) is 14.4 Å². The monoisotopic (exact) mass is 358 g/mol. The Morgan fingerprint density at radius 2 is 1.88 bits per heavy atom. The standard InChI is InChI=1S/C18H18N2O4S/c1-10(16(21)20-18(23)19-2)24-17(22)14-9-12-8-7-11-5-3-4-6-13(11)15(12)25-14/h3-6,9-10H,7-8H2,1-2H3,(H2,19,20,21,23). The fourth-order valence-electron chi connectivity index (χ4n) is 2.72. The van der Waals surface area contributed by atoms with Gasteiger partial charge in [0.05, 0.1) is 0 Å². The van der Waals surface area contributed by atoms with Gasteiger partial charge < -0.3 is 10.1 Å². The molecule has 3 amide bonds. The maximum atomic E-state index is 12.4. The number of nitrogens with one attached hydrogen (secondary N) is 2. The first kappa shape index (κ1) is 17.2. The molecule has 1 unspecified atom stereocenters. The molecule has 1 aromatic heterocycles. The van der Waals surface area contributed by atoms with Gasteiger partial charge in [0.25, 0.3) is 5.91 Å². The van der Waals surface area contributed by atoms with Crippen LogP contribution < -0.4 is 10.6 Å². The molecule has 1 atom stereocenters. The van der Waals surface area contributed by atoms with Crippen LogP contribution in [0.15, 0.2) is 30.3 Å². The molecule has 0 bridgehead atoms. The van der Waals surface area contributed by atoms with E-state index in [0.717, 1.165) is 28.8 Å². The lowest BCUT2D eigenvalue weighted by molar-refractivity contribution is -0.127. The Bertz CT molecular complexity index is 843. The number of aryl methyl sites for hydroxylation is 2. The number of imide groups is 1. The van der Waals surface area contributed by atoms with E-state index >= 15 is 0 Å². The number of carbonyl (C=O) groups excluding carboxylic acids is 3. The van der Waals surface area contributed by atoms with Gasteiger partial charge in [-0.2, -0.15) is 0 Å². The summed E-state index contributed by atoms with van der Waals surface area (Å²) in [4.78, 5) is 36.8. The molecule has 1 aliphatic carbocycles. The molecule has 1 aromatic carbocycles. The first-order chi connectivity index (χ1) is 12.0. The van der Waals surface area contributed by atoms with E-state index in [0.29, 0.717) is 4.88 Å². The van der Waals surface area contributed by atoms with Crippen molar-refractivity contribution in [3.05, 3.63) is 46.3 Å². The van der Waals surface area contributed by atoms with Crippen LogP contribution in [0, 0.1) is 0 Å². The van der Waals surface area contributed by atoms with Gasteiger partial charge in [-0.05, 0) is 42.5 Å². The molecule has 0 aliphatic heterocycles. The number of rotatable bonds is 3. The third-order valence-electron chi connectivity index (χ3n) is 4.05. The summed E-state index contributed by atoms with van der Waals surface area (Å²) >= 11 is 1.37. The summed E-state index contributed by atoms with van der Waals surface area (Å²) in [6, 6.07) is 9.34. The van der Waals surface area contributed by atoms with E-state index in [1.54, 1.807) is 0 Å². The Kier molecular flexibility index (Phi) is 4.85. The Labute approximate surface area is 149 Å². The van der Waals surface area contributed by atoms with E-state index in [2.05, 4.69) is 22.8 Å². The second-order valence-corrected chi connectivity index (χ2v) is 6.79. The van der Waals surface area contributed by atoms with E-state index in [1.807, 2.05) is 18.2 Å². The predicted molar refractivity (Wildman–Crippen MR) is 94.6 cm³/mol. The van der Waals surface area contributed by atoms with Crippen LogP contribution in [-0.4, -0.2) is 31.1 Å². The molecule has 0 spiro atoms. The van der Waals surface area contributed by atoms with Gasteiger partial charge in [-0.25, -0.2) is 9.59 Å². The van der Waals surface area contributed by atoms with Crippen molar-refractivity contribution < 1.29 is 19.1 Å².